The summed E-state index contributed by atoms with van der Waals surface area (Å²) in [4.78, 5) is 2.61. The van der Waals surface area contributed by atoms with Gasteiger partial charge in [0.15, 0.2) is 0 Å². The van der Waals surface area contributed by atoms with Crippen molar-refractivity contribution in [1.82, 2.24) is 4.90 Å². The number of ether oxygens (including phenoxy) is 1. The highest BCUT2D eigenvalue weighted by molar-refractivity contribution is 5.31. The van der Waals surface area contributed by atoms with E-state index < -0.39 is 0 Å². The molecule has 2 aliphatic rings. The minimum atomic E-state index is 0.302. The van der Waals surface area contributed by atoms with Gasteiger partial charge in [-0.25, -0.2) is 0 Å². The second-order valence-corrected chi connectivity index (χ2v) is 6.84. The molecule has 0 radical (unpaired) electrons. The van der Waals surface area contributed by atoms with Gasteiger partial charge in [0.1, 0.15) is 5.75 Å². The molecule has 21 heavy (non-hydrogen) atoms. The number of methoxy groups -OCH3 is 1. The van der Waals surface area contributed by atoms with Gasteiger partial charge < -0.3 is 15.4 Å². The quantitative estimate of drug-likeness (QED) is 0.925. The topological polar surface area (TPSA) is 38.5 Å². The first-order chi connectivity index (χ1) is 10.2. The zero-order chi connectivity index (χ0) is 14.7. The first-order valence-corrected chi connectivity index (χ1v) is 8.36. The molecule has 3 heteroatoms. The summed E-state index contributed by atoms with van der Waals surface area (Å²) in [6.07, 6.45) is 6.76. The fraction of sp³-hybridized carbons (Fsp3) is 0.667. The third-order valence-corrected chi connectivity index (χ3v) is 5.11. The third kappa shape index (κ3) is 3.78. The summed E-state index contributed by atoms with van der Waals surface area (Å²) in [5, 5.41) is 0. The van der Waals surface area contributed by atoms with Crippen LogP contribution >= 0.6 is 0 Å². The zero-order valence-electron chi connectivity index (χ0n) is 13.1. The van der Waals surface area contributed by atoms with Crippen molar-refractivity contribution in [1.29, 1.82) is 0 Å². The van der Waals surface area contributed by atoms with Crippen molar-refractivity contribution in [3.8, 4) is 5.75 Å². The van der Waals surface area contributed by atoms with Crippen LogP contribution < -0.4 is 10.5 Å². The van der Waals surface area contributed by atoms with E-state index in [2.05, 4.69) is 23.1 Å². The molecule has 0 bridgehead atoms. The Morgan fingerprint density at radius 1 is 1.24 bits per heavy atom. The van der Waals surface area contributed by atoms with Crippen molar-refractivity contribution in [2.24, 2.45) is 11.7 Å². The van der Waals surface area contributed by atoms with Crippen LogP contribution in [0.2, 0.25) is 0 Å². The van der Waals surface area contributed by atoms with Crippen LogP contribution in [0.1, 0.15) is 43.6 Å². The van der Waals surface area contributed by atoms with Crippen molar-refractivity contribution in [3.63, 3.8) is 0 Å². The fourth-order valence-corrected chi connectivity index (χ4v) is 4.08. The van der Waals surface area contributed by atoms with E-state index in [1.807, 2.05) is 6.07 Å². The van der Waals surface area contributed by atoms with E-state index in [0.29, 0.717) is 12.0 Å². The maximum Gasteiger partial charge on any atom is 0.119 e. The number of hydrogen-bond donors (Lipinski definition) is 1. The smallest absolute Gasteiger partial charge is 0.119 e. The van der Waals surface area contributed by atoms with Crippen molar-refractivity contribution in [3.05, 3.63) is 29.8 Å². The molecule has 0 aromatic heterocycles. The summed E-state index contributed by atoms with van der Waals surface area (Å²) in [5.41, 5.74) is 7.70. The third-order valence-electron chi connectivity index (χ3n) is 5.11. The molecule has 2 unspecified atom stereocenters. The van der Waals surface area contributed by atoms with E-state index in [9.17, 15) is 0 Å². The second kappa shape index (κ2) is 6.80. The van der Waals surface area contributed by atoms with E-state index in [1.165, 1.54) is 37.8 Å². The van der Waals surface area contributed by atoms with Crippen LogP contribution in [0.3, 0.4) is 0 Å². The molecule has 116 valence electrons. The van der Waals surface area contributed by atoms with Gasteiger partial charge >= 0.3 is 0 Å². The molecular formula is C18H28N2O. The van der Waals surface area contributed by atoms with Crippen LogP contribution in [0.5, 0.6) is 5.75 Å². The number of nitrogens with two attached hydrogens (primary N) is 1. The Balaban J connectivity index is 1.66. The Morgan fingerprint density at radius 2 is 2.05 bits per heavy atom. The van der Waals surface area contributed by atoms with Crippen molar-refractivity contribution < 1.29 is 4.74 Å². The zero-order valence-corrected chi connectivity index (χ0v) is 13.1. The largest absolute Gasteiger partial charge is 0.497 e. The van der Waals surface area contributed by atoms with Crippen LogP contribution in [-0.4, -0.2) is 37.7 Å². The lowest BCUT2D eigenvalue weighted by molar-refractivity contribution is 0.164. The lowest BCUT2D eigenvalue weighted by Crippen LogP contribution is -2.47. The summed E-state index contributed by atoms with van der Waals surface area (Å²) >= 11 is 0. The monoisotopic (exact) mass is 288 g/mol. The molecular weight excluding hydrogens is 260 g/mol. The molecule has 2 fully saturated rings. The summed E-state index contributed by atoms with van der Waals surface area (Å²) < 4.78 is 5.36. The Bertz CT molecular complexity index is 456. The average molecular weight is 288 g/mol. The van der Waals surface area contributed by atoms with Gasteiger partial charge in [-0.2, -0.15) is 0 Å². The molecule has 1 saturated heterocycles. The summed E-state index contributed by atoms with van der Waals surface area (Å²) in [7, 11) is 1.73. The lowest BCUT2D eigenvalue weighted by Gasteiger charge is -2.38. The second-order valence-electron chi connectivity index (χ2n) is 6.84. The standard InChI is InChI=1S/C18H28N2O/c1-21-18-8-4-7-15(10-18)16-9-17(19)13-20(12-16)11-14-5-2-3-6-14/h4,7-8,10,14,16-17H,2-3,5-6,9,11-13,19H2,1H3. The number of benzene rings is 1. The molecule has 0 spiro atoms. The molecule has 2 atom stereocenters. The van der Waals surface area contributed by atoms with Crippen molar-refractivity contribution in [2.45, 2.75) is 44.1 Å². The van der Waals surface area contributed by atoms with Crippen LogP contribution in [0.25, 0.3) is 0 Å². The van der Waals surface area contributed by atoms with Crippen LogP contribution in [0.4, 0.5) is 0 Å². The Hall–Kier alpha value is -1.06. The number of rotatable bonds is 4. The number of piperidine rings is 1. The lowest BCUT2D eigenvalue weighted by atomic mass is 9.87. The first kappa shape index (κ1) is 14.9. The molecule has 3 nitrogen and oxygen atoms in total. The van der Waals surface area contributed by atoms with Gasteiger partial charge in [0.05, 0.1) is 7.11 Å². The highest BCUT2D eigenvalue weighted by Gasteiger charge is 2.28. The van der Waals surface area contributed by atoms with Gasteiger partial charge in [-0.05, 0) is 48.8 Å². The minimum absolute atomic E-state index is 0.302. The maximum absolute atomic E-state index is 6.32. The molecule has 1 aromatic rings. The summed E-state index contributed by atoms with van der Waals surface area (Å²) in [6, 6.07) is 8.81. The molecule has 0 amide bonds. The highest BCUT2D eigenvalue weighted by Crippen LogP contribution is 2.31. The van der Waals surface area contributed by atoms with E-state index >= 15 is 0 Å². The van der Waals surface area contributed by atoms with Gasteiger partial charge in [0.25, 0.3) is 0 Å². The van der Waals surface area contributed by atoms with Gasteiger partial charge in [0, 0.05) is 25.7 Å². The van der Waals surface area contributed by atoms with Crippen LogP contribution in [0.15, 0.2) is 24.3 Å². The first-order valence-electron chi connectivity index (χ1n) is 8.36. The number of nitrogens with zero attached hydrogens (tertiary/aromatic N) is 1. The Labute approximate surface area is 128 Å². The van der Waals surface area contributed by atoms with E-state index in [-0.39, 0.29) is 0 Å². The highest BCUT2D eigenvalue weighted by atomic mass is 16.5. The molecule has 1 aromatic carbocycles. The summed E-state index contributed by atoms with van der Waals surface area (Å²) in [5.74, 6) is 2.40. The van der Waals surface area contributed by atoms with E-state index in [4.69, 9.17) is 10.5 Å². The molecule has 1 aliphatic heterocycles. The molecule has 1 saturated carbocycles. The Kier molecular flexibility index (Phi) is 4.81. The SMILES string of the molecule is COc1cccc(C2CC(N)CN(CC3CCCC3)C2)c1. The maximum atomic E-state index is 6.32. The van der Waals surface area contributed by atoms with Gasteiger partial charge in [-0.15, -0.1) is 0 Å². The minimum Gasteiger partial charge on any atom is -0.497 e. The van der Waals surface area contributed by atoms with Crippen molar-refractivity contribution >= 4 is 0 Å². The Morgan fingerprint density at radius 3 is 2.81 bits per heavy atom. The van der Waals surface area contributed by atoms with Crippen molar-refractivity contribution in [2.75, 3.05) is 26.7 Å². The molecule has 1 heterocycles. The van der Waals surface area contributed by atoms with E-state index in [0.717, 1.165) is 31.2 Å². The predicted molar refractivity (Wildman–Crippen MR) is 86.7 cm³/mol. The predicted octanol–water partition coefficient (Wildman–Crippen LogP) is 3.00. The normalized spacial score (nSPS) is 27.9. The average Bonchev–Trinajstić information content (AvgIpc) is 2.99. The van der Waals surface area contributed by atoms with Gasteiger partial charge in [-0.3, -0.25) is 0 Å². The van der Waals surface area contributed by atoms with Gasteiger partial charge in [0.2, 0.25) is 0 Å². The fourth-order valence-electron chi connectivity index (χ4n) is 4.08. The number of likely N-dealkylation sites (tertiary alicyclic amines) is 1. The molecule has 2 N–H and O–H groups in total. The van der Waals surface area contributed by atoms with E-state index in [1.54, 1.807) is 7.11 Å². The molecule has 1 aliphatic carbocycles. The number of hydrogen-bond acceptors (Lipinski definition) is 3. The molecule has 3 rings (SSSR count). The van der Waals surface area contributed by atoms with Gasteiger partial charge in [-0.1, -0.05) is 25.0 Å². The summed E-state index contributed by atoms with van der Waals surface area (Å²) in [6.45, 7) is 3.46. The van der Waals surface area contributed by atoms with Crippen LogP contribution in [-0.2, 0) is 0 Å². The van der Waals surface area contributed by atoms with Crippen LogP contribution in [0, 0.1) is 5.92 Å².